The first kappa shape index (κ1) is 26.9. The topological polar surface area (TPSA) is 23.8 Å². The summed E-state index contributed by atoms with van der Waals surface area (Å²) in [5.74, 6) is 1.05. The van der Waals surface area contributed by atoms with Crippen molar-refractivity contribution in [2.24, 2.45) is 17.8 Å². The summed E-state index contributed by atoms with van der Waals surface area (Å²) < 4.78 is 28.0. The molecule has 0 unspecified atom stereocenters. The van der Waals surface area contributed by atoms with Gasteiger partial charge in [-0.05, 0) is 92.7 Å². The maximum Gasteiger partial charge on any atom is 0.144 e. The van der Waals surface area contributed by atoms with E-state index in [4.69, 9.17) is 5.26 Å². The number of hydrogen-bond donors (Lipinski definition) is 0. The number of hydrogen-bond acceptors (Lipinski definition) is 1. The Bertz CT molecular complexity index is 769. The summed E-state index contributed by atoms with van der Waals surface area (Å²) >= 11 is 0. The molecule has 0 aliphatic heterocycles. The lowest BCUT2D eigenvalue weighted by molar-refractivity contribution is 0.287. The second-order valence-corrected chi connectivity index (χ2v) is 11.0. The van der Waals surface area contributed by atoms with Gasteiger partial charge in [0.05, 0.1) is 0 Å². The van der Waals surface area contributed by atoms with Gasteiger partial charge in [0.15, 0.2) is 0 Å². The molecule has 0 aromatic heterocycles. The summed E-state index contributed by atoms with van der Waals surface area (Å²) in [5.41, 5.74) is 0.249. The molecule has 1 aromatic carbocycles. The van der Waals surface area contributed by atoms with Gasteiger partial charge in [-0.3, -0.25) is 0 Å². The lowest BCUT2D eigenvalue weighted by Gasteiger charge is -2.29. The number of benzene rings is 1. The third-order valence-corrected chi connectivity index (χ3v) is 8.43. The highest BCUT2D eigenvalue weighted by Gasteiger charge is 2.24. The van der Waals surface area contributed by atoms with E-state index < -0.39 is 17.2 Å². The van der Waals surface area contributed by atoms with Gasteiger partial charge in [0.25, 0.3) is 0 Å². The first-order valence-electron chi connectivity index (χ1n) is 14.2. The van der Waals surface area contributed by atoms with E-state index in [-0.39, 0.29) is 5.92 Å². The highest BCUT2D eigenvalue weighted by Crippen LogP contribution is 2.38. The van der Waals surface area contributed by atoms with Crippen LogP contribution in [0.25, 0.3) is 0 Å². The average Bonchev–Trinajstić information content (AvgIpc) is 2.85. The van der Waals surface area contributed by atoms with E-state index in [0.29, 0.717) is 11.5 Å². The van der Waals surface area contributed by atoms with Crippen LogP contribution in [0.4, 0.5) is 8.78 Å². The highest BCUT2D eigenvalue weighted by molar-refractivity contribution is 5.36. The summed E-state index contributed by atoms with van der Waals surface area (Å²) in [7, 11) is 0. The van der Waals surface area contributed by atoms with Gasteiger partial charge in [-0.25, -0.2) is 8.78 Å². The predicted octanol–water partition coefficient (Wildman–Crippen LogP) is 10.0. The Morgan fingerprint density at radius 3 is 1.79 bits per heavy atom. The average molecular weight is 470 g/mol. The van der Waals surface area contributed by atoms with Crippen LogP contribution in [0.1, 0.15) is 133 Å². The van der Waals surface area contributed by atoms with Crippen molar-refractivity contribution in [2.45, 2.75) is 122 Å². The standard InChI is InChI=1S/C31H45F2N/c1-2-3-4-5-6-7-8-9-10-24-11-13-25(14-12-24)15-16-26-17-19-27(20-18-26)28-21-30(32)29(23-34)31(33)22-28/h15-16,21-22,24-27H,2-14,17-20H2,1H3. The van der Waals surface area contributed by atoms with E-state index in [0.717, 1.165) is 37.5 Å². The molecular weight excluding hydrogens is 424 g/mol. The lowest BCUT2D eigenvalue weighted by Crippen LogP contribution is -2.15. The SMILES string of the molecule is CCCCCCCCCCC1CCC(C=CC2CCC(c3cc(F)c(C#N)c(F)c3)CC2)CC1. The summed E-state index contributed by atoms with van der Waals surface area (Å²) in [5, 5.41) is 8.87. The van der Waals surface area contributed by atoms with Crippen molar-refractivity contribution in [3.05, 3.63) is 47.0 Å². The van der Waals surface area contributed by atoms with E-state index in [2.05, 4.69) is 19.1 Å². The molecule has 3 heteroatoms. The van der Waals surface area contributed by atoms with Crippen LogP contribution in [0.3, 0.4) is 0 Å². The van der Waals surface area contributed by atoms with Crippen molar-refractivity contribution in [3.63, 3.8) is 0 Å². The molecule has 0 amide bonds. The van der Waals surface area contributed by atoms with E-state index in [1.165, 1.54) is 95.6 Å². The fraction of sp³-hybridized carbons (Fsp3) is 0.710. The van der Waals surface area contributed by atoms with Gasteiger partial charge in [0, 0.05) is 0 Å². The van der Waals surface area contributed by atoms with E-state index in [9.17, 15) is 8.78 Å². The number of rotatable bonds is 12. The Labute approximate surface area is 207 Å². The summed E-state index contributed by atoms with van der Waals surface area (Å²) in [6.07, 6.45) is 27.2. The van der Waals surface area contributed by atoms with Gasteiger partial charge in [-0.15, -0.1) is 0 Å². The largest absolute Gasteiger partial charge is 0.205 e. The second kappa shape index (κ2) is 14.7. The first-order chi connectivity index (χ1) is 16.6. The molecular formula is C31H45F2N. The number of nitriles is 1. The fourth-order valence-corrected chi connectivity index (χ4v) is 6.13. The van der Waals surface area contributed by atoms with Crippen LogP contribution >= 0.6 is 0 Å². The number of halogens is 2. The fourth-order valence-electron chi connectivity index (χ4n) is 6.13. The van der Waals surface area contributed by atoms with Gasteiger partial charge >= 0.3 is 0 Å². The van der Waals surface area contributed by atoms with Gasteiger partial charge in [0.2, 0.25) is 0 Å². The van der Waals surface area contributed by atoms with Gasteiger partial charge in [-0.2, -0.15) is 5.26 Å². The van der Waals surface area contributed by atoms with E-state index >= 15 is 0 Å². The van der Waals surface area contributed by atoms with E-state index in [1.54, 1.807) is 6.07 Å². The molecule has 0 radical (unpaired) electrons. The Morgan fingerprint density at radius 1 is 0.765 bits per heavy atom. The van der Waals surface area contributed by atoms with Gasteiger partial charge in [0.1, 0.15) is 23.3 Å². The molecule has 0 heterocycles. The predicted molar refractivity (Wildman–Crippen MR) is 138 cm³/mol. The van der Waals surface area contributed by atoms with Gasteiger partial charge < -0.3 is 0 Å². The van der Waals surface area contributed by atoms with Crippen molar-refractivity contribution in [2.75, 3.05) is 0 Å². The molecule has 2 aliphatic carbocycles. The first-order valence-corrected chi connectivity index (χ1v) is 14.2. The summed E-state index contributed by atoms with van der Waals surface area (Å²) in [6.45, 7) is 2.28. The highest BCUT2D eigenvalue weighted by atomic mass is 19.1. The Hall–Kier alpha value is -1.69. The van der Waals surface area contributed by atoms with Crippen LogP contribution in [0.2, 0.25) is 0 Å². The van der Waals surface area contributed by atoms with Crippen LogP contribution in [-0.4, -0.2) is 0 Å². The molecule has 188 valence electrons. The number of unbranched alkanes of at least 4 members (excludes halogenated alkanes) is 7. The number of allylic oxidation sites excluding steroid dienone is 2. The molecule has 1 nitrogen and oxygen atoms in total. The van der Waals surface area contributed by atoms with Crippen molar-refractivity contribution in [1.29, 1.82) is 5.26 Å². The molecule has 3 rings (SSSR count). The van der Waals surface area contributed by atoms with Crippen LogP contribution in [-0.2, 0) is 0 Å². The molecule has 2 saturated carbocycles. The van der Waals surface area contributed by atoms with Crippen molar-refractivity contribution >= 4 is 0 Å². The maximum absolute atomic E-state index is 14.0. The molecule has 1 aromatic rings. The van der Waals surface area contributed by atoms with E-state index in [1.807, 2.05) is 0 Å². The Balaban J connectivity index is 1.29. The third kappa shape index (κ3) is 8.51. The minimum absolute atomic E-state index is 0.202. The second-order valence-electron chi connectivity index (χ2n) is 11.0. The Kier molecular flexibility index (Phi) is 11.6. The van der Waals surface area contributed by atoms with Crippen LogP contribution in [0.5, 0.6) is 0 Å². The molecule has 2 aliphatic rings. The van der Waals surface area contributed by atoms with Crippen molar-refractivity contribution < 1.29 is 8.78 Å². The number of nitrogens with zero attached hydrogens (tertiary/aromatic N) is 1. The zero-order chi connectivity index (χ0) is 24.2. The molecule has 0 saturated heterocycles. The molecule has 0 spiro atoms. The zero-order valence-corrected chi connectivity index (χ0v) is 21.3. The smallest absolute Gasteiger partial charge is 0.144 e. The minimum atomic E-state index is -0.725. The Morgan fingerprint density at radius 2 is 1.26 bits per heavy atom. The molecule has 0 bridgehead atoms. The monoisotopic (exact) mass is 469 g/mol. The normalized spacial score (nSPS) is 25.5. The lowest BCUT2D eigenvalue weighted by atomic mass is 9.76. The molecule has 2 fully saturated rings. The third-order valence-electron chi connectivity index (χ3n) is 8.43. The van der Waals surface area contributed by atoms with Gasteiger partial charge in [-0.1, -0.05) is 76.9 Å². The maximum atomic E-state index is 14.0. The quantitative estimate of drug-likeness (QED) is 0.221. The summed E-state index contributed by atoms with van der Waals surface area (Å²) in [6, 6.07) is 4.35. The summed E-state index contributed by atoms with van der Waals surface area (Å²) in [4.78, 5) is 0. The molecule has 34 heavy (non-hydrogen) atoms. The van der Waals surface area contributed by atoms with Crippen molar-refractivity contribution in [3.8, 4) is 6.07 Å². The molecule has 0 N–H and O–H groups in total. The van der Waals surface area contributed by atoms with Crippen LogP contribution in [0, 0.1) is 40.7 Å². The van der Waals surface area contributed by atoms with Crippen molar-refractivity contribution in [1.82, 2.24) is 0 Å². The van der Waals surface area contributed by atoms with Crippen LogP contribution in [0.15, 0.2) is 24.3 Å². The minimum Gasteiger partial charge on any atom is -0.205 e. The molecule has 0 atom stereocenters. The zero-order valence-electron chi connectivity index (χ0n) is 21.3. The van der Waals surface area contributed by atoms with Crippen LogP contribution < -0.4 is 0 Å².